The maximum Gasteiger partial charge on any atom is 0.277 e. The Morgan fingerprint density at radius 1 is 1.40 bits per heavy atom. The van der Waals surface area contributed by atoms with E-state index < -0.39 is 11.8 Å². The molecule has 0 radical (unpaired) electrons. The van der Waals surface area contributed by atoms with Gasteiger partial charge in [0.1, 0.15) is 11.8 Å². The normalized spacial score (nSPS) is 14.2. The van der Waals surface area contributed by atoms with Crippen molar-refractivity contribution in [3.05, 3.63) is 39.1 Å². The van der Waals surface area contributed by atoms with Gasteiger partial charge >= 0.3 is 0 Å². The molecule has 7 heteroatoms. The number of carbonyl (C=O) groups excluding carboxylic acids is 2. The van der Waals surface area contributed by atoms with Gasteiger partial charge in [-0.25, -0.2) is 0 Å². The average molecular weight is 383 g/mol. The van der Waals surface area contributed by atoms with Crippen molar-refractivity contribution < 1.29 is 14.7 Å². The van der Waals surface area contributed by atoms with Crippen LogP contribution in [-0.2, 0) is 9.59 Å². The van der Waals surface area contributed by atoms with Crippen molar-refractivity contribution in [2.24, 2.45) is 0 Å². The van der Waals surface area contributed by atoms with Gasteiger partial charge in [-0.05, 0) is 40.8 Å². The lowest BCUT2D eigenvalue weighted by atomic mass is 10.2. The minimum atomic E-state index is -0.508. The second-order valence-electron chi connectivity index (χ2n) is 4.00. The van der Waals surface area contributed by atoms with Crippen LogP contribution in [0.3, 0.4) is 0 Å². The van der Waals surface area contributed by atoms with E-state index in [0.29, 0.717) is 11.3 Å². The molecule has 6 nitrogen and oxygen atoms in total. The second kappa shape index (κ2) is 6.02. The van der Waals surface area contributed by atoms with Crippen LogP contribution in [0.2, 0.25) is 0 Å². The number of anilines is 1. The molecule has 0 aromatic heterocycles. The van der Waals surface area contributed by atoms with E-state index in [1.54, 1.807) is 18.2 Å². The molecular formula is C13H10IN3O3. The van der Waals surface area contributed by atoms with E-state index in [1.165, 1.54) is 0 Å². The van der Waals surface area contributed by atoms with Gasteiger partial charge in [-0.15, -0.1) is 0 Å². The van der Waals surface area contributed by atoms with E-state index in [2.05, 4.69) is 27.9 Å². The van der Waals surface area contributed by atoms with Crippen molar-refractivity contribution in [3.63, 3.8) is 0 Å². The molecule has 0 bridgehead atoms. The van der Waals surface area contributed by atoms with Crippen molar-refractivity contribution >= 4 is 40.1 Å². The summed E-state index contributed by atoms with van der Waals surface area (Å²) in [5, 5.41) is 20.7. The molecule has 1 aliphatic rings. The van der Waals surface area contributed by atoms with Crippen LogP contribution in [0, 0.1) is 14.9 Å². The topological polar surface area (TPSA) is 93.4 Å². The molecule has 1 aromatic carbocycles. The summed E-state index contributed by atoms with van der Waals surface area (Å²) in [5.41, 5.74) is 0.950. The van der Waals surface area contributed by atoms with Gasteiger partial charge in [0.25, 0.3) is 11.8 Å². The Morgan fingerprint density at radius 3 is 2.80 bits per heavy atom. The van der Waals surface area contributed by atoms with Gasteiger partial charge in [-0.1, -0.05) is 0 Å². The van der Waals surface area contributed by atoms with Gasteiger partial charge in [0, 0.05) is 9.65 Å². The van der Waals surface area contributed by atoms with Crippen LogP contribution in [0.25, 0.3) is 0 Å². The molecule has 2 rings (SSSR count). The summed E-state index contributed by atoms with van der Waals surface area (Å²) in [4.78, 5) is 24.5. The second-order valence-corrected chi connectivity index (χ2v) is 5.25. The molecule has 0 aliphatic carbocycles. The fourth-order valence-corrected chi connectivity index (χ4v) is 2.26. The molecule has 1 aromatic rings. The smallest absolute Gasteiger partial charge is 0.277 e. The third kappa shape index (κ3) is 2.81. The zero-order valence-corrected chi connectivity index (χ0v) is 12.4. The quantitative estimate of drug-likeness (QED) is 0.593. The molecule has 0 fully saturated rings. The van der Waals surface area contributed by atoms with Crippen LogP contribution in [-0.4, -0.2) is 35.0 Å². The number of aliphatic hydroxyl groups excluding tert-OH is 1. The molecule has 1 aliphatic heterocycles. The van der Waals surface area contributed by atoms with E-state index in [4.69, 9.17) is 10.4 Å². The highest BCUT2D eigenvalue weighted by Gasteiger charge is 2.30. The Kier molecular flexibility index (Phi) is 4.36. The number of hydrogen-bond acceptors (Lipinski definition) is 5. The van der Waals surface area contributed by atoms with Crippen LogP contribution < -0.4 is 5.32 Å². The number of nitriles is 1. The Balaban J connectivity index is 2.24. The number of benzene rings is 1. The van der Waals surface area contributed by atoms with Crippen LogP contribution >= 0.6 is 22.6 Å². The van der Waals surface area contributed by atoms with E-state index in [1.807, 2.05) is 6.07 Å². The third-order valence-electron chi connectivity index (χ3n) is 2.70. The molecule has 0 saturated carbocycles. The number of carbonyl (C=O) groups is 2. The lowest BCUT2D eigenvalue weighted by molar-refractivity contribution is -0.137. The van der Waals surface area contributed by atoms with Crippen LogP contribution in [0.5, 0.6) is 0 Å². The third-order valence-corrected chi connectivity index (χ3v) is 3.38. The van der Waals surface area contributed by atoms with Crippen LogP contribution in [0.1, 0.15) is 5.56 Å². The van der Waals surface area contributed by atoms with E-state index in [-0.39, 0.29) is 18.8 Å². The van der Waals surface area contributed by atoms with Gasteiger partial charge in [0.2, 0.25) is 0 Å². The van der Waals surface area contributed by atoms with E-state index >= 15 is 0 Å². The van der Waals surface area contributed by atoms with Crippen molar-refractivity contribution in [2.45, 2.75) is 0 Å². The average Bonchev–Trinajstić information content (AvgIpc) is 2.69. The molecule has 0 spiro atoms. The molecule has 20 heavy (non-hydrogen) atoms. The highest BCUT2D eigenvalue weighted by molar-refractivity contribution is 14.1. The zero-order chi connectivity index (χ0) is 14.7. The largest absolute Gasteiger partial charge is 0.395 e. The predicted octanol–water partition coefficient (Wildman–Crippen LogP) is 0.820. The van der Waals surface area contributed by atoms with Crippen LogP contribution in [0.4, 0.5) is 5.69 Å². The summed E-state index contributed by atoms with van der Waals surface area (Å²) >= 11 is 2.08. The fraction of sp³-hybridized carbons (Fsp3) is 0.154. The maximum absolute atomic E-state index is 12.0. The first-order chi connectivity index (χ1) is 9.56. The number of imide groups is 1. The lowest BCUT2D eigenvalue weighted by Gasteiger charge is -2.13. The summed E-state index contributed by atoms with van der Waals surface area (Å²) in [7, 11) is 0. The number of hydrogen-bond donors (Lipinski definition) is 2. The highest BCUT2D eigenvalue weighted by atomic mass is 127. The Morgan fingerprint density at radius 2 is 2.15 bits per heavy atom. The summed E-state index contributed by atoms with van der Waals surface area (Å²) in [6, 6.07) is 7.17. The van der Waals surface area contributed by atoms with Gasteiger partial charge in [-0.2, -0.15) is 5.26 Å². The van der Waals surface area contributed by atoms with Crippen molar-refractivity contribution in [3.8, 4) is 6.07 Å². The minimum absolute atomic E-state index is 0.0445. The first kappa shape index (κ1) is 14.5. The number of halogens is 1. The summed E-state index contributed by atoms with van der Waals surface area (Å²) in [6.45, 7) is -0.331. The van der Waals surface area contributed by atoms with Gasteiger partial charge < -0.3 is 10.4 Å². The number of amides is 2. The summed E-state index contributed by atoms with van der Waals surface area (Å²) in [5.74, 6) is -0.984. The molecule has 0 atom stereocenters. The van der Waals surface area contributed by atoms with Gasteiger partial charge in [-0.3, -0.25) is 14.5 Å². The number of rotatable bonds is 4. The lowest BCUT2D eigenvalue weighted by Crippen LogP contribution is -2.34. The minimum Gasteiger partial charge on any atom is -0.395 e. The molecule has 0 unspecified atom stereocenters. The van der Waals surface area contributed by atoms with Crippen LogP contribution in [0.15, 0.2) is 30.0 Å². The Bertz CT molecular complexity index is 649. The fourth-order valence-electron chi connectivity index (χ4n) is 1.77. The zero-order valence-electron chi connectivity index (χ0n) is 10.3. The predicted molar refractivity (Wildman–Crippen MR) is 79.4 cm³/mol. The monoisotopic (exact) mass is 383 g/mol. The van der Waals surface area contributed by atoms with Gasteiger partial charge in [0.05, 0.1) is 24.4 Å². The molecule has 102 valence electrons. The SMILES string of the molecule is N#Cc1cc(I)ccc1NC1=CC(=O)N(CCO)C1=O. The molecular weight excluding hydrogens is 373 g/mol. The first-order valence-electron chi connectivity index (χ1n) is 5.72. The molecule has 2 amide bonds. The highest BCUT2D eigenvalue weighted by Crippen LogP contribution is 2.22. The molecule has 2 N–H and O–H groups in total. The number of nitrogens with one attached hydrogen (secondary N) is 1. The first-order valence-corrected chi connectivity index (χ1v) is 6.79. The standard InChI is InChI=1S/C13H10IN3O3/c14-9-1-2-10(8(5-9)7-15)16-11-6-12(19)17(3-4-18)13(11)20/h1-2,5-6,16,18H,3-4H2. The van der Waals surface area contributed by atoms with E-state index in [0.717, 1.165) is 14.5 Å². The van der Waals surface area contributed by atoms with Gasteiger partial charge in [0.15, 0.2) is 0 Å². The summed E-state index contributed by atoms with van der Waals surface area (Å²) in [6.07, 6.45) is 1.16. The molecule has 1 heterocycles. The number of aliphatic hydroxyl groups is 1. The molecule has 0 saturated heterocycles. The van der Waals surface area contributed by atoms with Crippen molar-refractivity contribution in [2.75, 3.05) is 18.5 Å². The number of β-amino-alcohol motifs (C(OH)–C–C–N with tert-alkyl or cyclic N) is 1. The maximum atomic E-state index is 12.0. The van der Waals surface area contributed by atoms with Crippen molar-refractivity contribution in [1.29, 1.82) is 5.26 Å². The Hall–Kier alpha value is -1.92. The van der Waals surface area contributed by atoms with Crippen molar-refractivity contribution in [1.82, 2.24) is 4.90 Å². The number of nitrogens with zero attached hydrogens (tertiary/aromatic N) is 2. The summed E-state index contributed by atoms with van der Waals surface area (Å²) < 4.78 is 0.898. The Labute approximate surface area is 128 Å². The van der Waals surface area contributed by atoms with E-state index in [9.17, 15) is 9.59 Å².